The van der Waals surface area contributed by atoms with Crippen molar-refractivity contribution in [3.63, 3.8) is 0 Å². The third kappa shape index (κ3) is 4.82. The van der Waals surface area contributed by atoms with Crippen LogP contribution >= 0.6 is 11.8 Å². The first-order valence-electron chi connectivity index (χ1n) is 8.43. The van der Waals surface area contributed by atoms with Gasteiger partial charge in [0.15, 0.2) is 0 Å². The summed E-state index contributed by atoms with van der Waals surface area (Å²) in [5.74, 6) is 2.98. The normalized spacial score (nSPS) is 20.0. The summed E-state index contributed by atoms with van der Waals surface area (Å²) in [6.45, 7) is 8.08. The van der Waals surface area contributed by atoms with Gasteiger partial charge in [0, 0.05) is 25.3 Å². The Morgan fingerprint density at radius 2 is 2.13 bits per heavy atom. The molecular formula is C18H25N3OS. The molecule has 1 aliphatic heterocycles. The van der Waals surface area contributed by atoms with Gasteiger partial charge in [0.05, 0.1) is 0 Å². The molecule has 1 saturated heterocycles. The maximum absolute atomic E-state index is 5.78. The van der Waals surface area contributed by atoms with Crippen LogP contribution in [0, 0.1) is 5.92 Å². The Morgan fingerprint density at radius 1 is 1.30 bits per heavy atom. The average molecular weight is 331 g/mol. The van der Waals surface area contributed by atoms with Crippen molar-refractivity contribution in [2.24, 2.45) is 5.92 Å². The van der Waals surface area contributed by atoms with Crippen molar-refractivity contribution in [3.05, 3.63) is 41.8 Å². The molecule has 1 fully saturated rings. The summed E-state index contributed by atoms with van der Waals surface area (Å²) in [6, 6.07) is 10.5. The molecule has 0 N–H and O–H groups in total. The van der Waals surface area contributed by atoms with Crippen molar-refractivity contribution in [1.82, 2.24) is 15.1 Å². The van der Waals surface area contributed by atoms with Gasteiger partial charge in [0.25, 0.3) is 5.22 Å². The zero-order valence-electron chi connectivity index (χ0n) is 13.9. The fourth-order valence-corrected chi connectivity index (χ4v) is 3.81. The Hall–Kier alpha value is -1.33. The van der Waals surface area contributed by atoms with Crippen LogP contribution in [0.2, 0.25) is 0 Å². The second-order valence-corrected chi connectivity index (χ2v) is 7.57. The molecule has 2 aromatic rings. The second-order valence-electron chi connectivity index (χ2n) is 6.52. The highest BCUT2D eigenvalue weighted by molar-refractivity contribution is 7.99. The molecular weight excluding hydrogens is 306 g/mol. The van der Waals surface area contributed by atoms with Crippen LogP contribution in [0.4, 0.5) is 0 Å². The van der Waals surface area contributed by atoms with E-state index in [1.807, 2.05) is 6.07 Å². The molecule has 1 aromatic carbocycles. The number of likely N-dealkylation sites (tertiary alicyclic amines) is 1. The Balaban J connectivity index is 1.44. The summed E-state index contributed by atoms with van der Waals surface area (Å²) in [5.41, 5.74) is 1.31. The molecule has 5 heteroatoms. The van der Waals surface area contributed by atoms with Crippen LogP contribution in [-0.4, -0.2) is 40.5 Å². The van der Waals surface area contributed by atoms with Gasteiger partial charge in [0.1, 0.15) is 0 Å². The Bertz CT molecular complexity index is 601. The average Bonchev–Trinajstić information content (AvgIpc) is 3.17. The first kappa shape index (κ1) is 16.5. The maximum Gasteiger partial charge on any atom is 0.276 e. The Kier molecular flexibility index (Phi) is 5.73. The maximum atomic E-state index is 5.78. The minimum absolute atomic E-state index is 0.389. The molecule has 23 heavy (non-hydrogen) atoms. The summed E-state index contributed by atoms with van der Waals surface area (Å²) in [6.07, 6.45) is 2.12. The first-order valence-corrected chi connectivity index (χ1v) is 9.41. The third-order valence-electron chi connectivity index (χ3n) is 4.44. The predicted octanol–water partition coefficient (Wildman–Crippen LogP) is 3.85. The lowest BCUT2D eigenvalue weighted by Gasteiger charge is -2.13. The van der Waals surface area contributed by atoms with Crippen LogP contribution in [-0.2, 0) is 6.42 Å². The second kappa shape index (κ2) is 7.97. The number of hydrogen-bond acceptors (Lipinski definition) is 5. The van der Waals surface area contributed by atoms with Crippen molar-refractivity contribution in [1.29, 1.82) is 0 Å². The highest BCUT2D eigenvalue weighted by atomic mass is 32.2. The SMILES string of the molecule is C[C@@H]1CCN(CCSc2nnc(C[C@@H](C)c3ccccc3)o2)C1. The van der Waals surface area contributed by atoms with E-state index in [-0.39, 0.29) is 0 Å². The van der Waals surface area contributed by atoms with Gasteiger partial charge in [0.2, 0.25) is 5.89 Å². The molecule has 2 heterocycles. The van der Waals surface area contributed by atoms with E-state index in [9.17, 15) is 0 Å². The highest BCUT2D eigenvalue weighted by Gasteiger charge is 2.18. The predicted molar refractivity (Wildman–Crippen MR) is 93.8 cm³/mol. The van der Waals surface area contributed by atoms with Gasteiger partial charge in [-0.3, -0.25) is 0 Å². The minimum atomic E-state index is 0.389. The van der Waals surface area contributed by atoms with E-state index in [0.29, 0.717) is 11.1 Å². The summed E-state index contributed by atoms with van der Waals surface area (Å²) in [5, 5.41) is 9.06. The van der Waals surface area contributed by atoms with E-state index < -0.39 is 0 Å². The molecule has 1 aliphatic rings. The van der Waals surface area contributed by atoms with Crippen molar-refractivity contribution in [2.45, 2.75) is 37.8 Å². The number of nitrogens with zero attached hydrogens (tertiary/aromatic N) is 3. The van der Waals surface area contributed by atoms with Gasteiger partial charge in [-0.05, 0) is 30.4 Å². The molecule has 3 rings (SSSR count). The summed E-state index contributed by atoms with van der Waals surface area (Å²) < 4.78 is 5.78. The smallest absolute Gasteiger partial charge is 0.276 e. The zero-order valence-corrected chi connectivity index (χ0v) is 14.8. The van der Waals surface area contributed by atoms with E-state index in [2.05, 4.69) is 53.2 Å². The fourth-order valence-electron chi connectivity index (χ4n) is 3.03. The van der Waals surface area contributed by atoms with Crippen molar-refractivity contribution >= 4 is 11.8 Å². The van der Waals surface area contributed by atoms with Crippen molar-refractivity contribution < 1.29 is 4.42 Å². The number of benzene rings is 1. The number of thioether (sulfide) groups is 1. The molecule has 0 amide bonds. The molecule has 124 valence electrons. The Labute approximate surface area is 142 Å². The topological polar surface area (TPSA) is 42.2 Å². The molecule has 0 spiro atoms. The first-order chi connectivity index (χ1) is 11.2. The number of hydrogen-bond donors (Lipinski definition) is 0. The van der Waals surface area contributed by atoms with Gasteiger partial charge in [-0.15, -0.1) is 10.2 Å². The monoisotopic (exact) mass is 331 g/mol. The van der Waals surface area contributed by atoms with Gasteiger partial charge in [-0.2, -0.15) is 0 Å². The number of rotatable bonds is 7. The lowest BCUT2D eigenvalue weighted by atomic mass is 9.98. The molecule has 0 bridgehead atoms. The third-order valence-corrected chi connectivity index (χ3v) is 5.24. The van der Waals surface area contributed by atoms with E-state index in [0.717, 1.165) is 30.5 Å². The van der Waals surface area contributed by atoms with Gasteiger partial charge in [-0.1, -0.05) is 55.9 Å². The van der Waals surface area contributed by atoms with Crippen molar-refractivity contribution in [2.75, 3.05) is 25.4 Å². The van der Waals surface area contributed by atoms with E-state index in [4.69, 9.17) is 4.42 Å². The van der Waals surface area contributed by atoms with Crippen LogP contribution in [0.1, 0.15) is 37.6 Å². The standard InChI is InChI=1S/C18H25N3OS/c1-14-8-9-21(13-14)10-11-23-18-20-19-17(22-18)12-15(2)16-6-4-3-5-7-16/h3-7,14-15H,8-13H2,1-2H3/t14-,15-/m1/s1. The van der Waals surface area contributed by atoms with Crippen LogP contribution in [0.15, 0.2) is 40.0 Å². The molecule has 0 radical (unpaired) electrons. The molecule has 0 saturated carbocycles. The quantitative estimate of drug-likeness (QED) is 0.721. The van der Waals surface area contributed by atoms with E-state index >= 15 is 0 Å². The van der Waals surface area contributed by atoms with Crippen molar-refractivity contribution in [3.8, 4) is 0 Å². The zero-order chi connectivity index (χ0) is 16.1. The lowest BCUT2D eigenvalue weighted by Crippen LogP contribution is -2.22. The Morgan fingerprint density at radius 3 is 2.87 bits per heavy atom. The molecule has 4 nitrogen and oxygen atoms in total. The van der Waals surface area contributed by atoms with E-state index in [1.165, 1.54) is 25.1 Å². The molecule has 1 aromatic heterocycles. The highest BCUT2D eigenvalue weighted by Crippen LogP contribution is 2.23. The van der Waals surface area contributed by atoms with Gasteiger partial charge >= 0.3 is 0 Å². The largest absolute Gasteiger partial charge is 0.416 e. The van der Waals surface area contributed by atoms with Crippen LogP contribution in [0.5, 0.6) is 0 Å². The van der Waals surface area contributed by atoms with Gasteiger partial charge in [-0.25, -0.2) is 0 Å². The summed E-state index contributed by atoms with van der Waals surface area (Å²) >= 11 is 1.67. The lowest BCUT2D eigenvalue weighted by molar-refractivity contribution is 0.348. The number of aromatic nitrogens is 2. The summed E-state index contributed by atoms with van der Waals surface area (Å²) in [7, 11) is 0. The molecule has 2 atom stereocenters. The van der Waals surface area contributed by atoms with E-state index in [1.54, 1.807) is 11.8 Å². The van der Waals surface area contributed by atoms with Crippen LogP contribution in [0.3, 0.4) is 0 Å². The van der Waals surface area contributed by atoms with Gasteiger partial charge < -0.3 is 9.32 Å². The van der Waals surface area contributed by atoms with Crippen LogP contribution < -0.4 is 0 Å². The van der Waals surface area contributed by atoms with Crippen LogP contribution in [0.25, 0.3) is 0 Å². The minimum Gasteiger partial charge on any atom is -0.416 e. The fraction of sp³-hybridized carbons (Fsp3) is 0.556. The molecule has 0 aliphatic carbocycles. The summed E-state index contributed by atoms with van der Waals surface area (Å²) in [4.78, 5) is 2.52. The molecule has 0 unspecified atom stereocenters.